The highest BCUT2D eigenvalue weighted by Crippen LogP contribution is 2.28. The maximum Gasteiger partial charge on any atom is 0.339 e. The Labute approximate surface area is 131 Å². The molecule has 1 aromatic rings. The van der Waals surface area contributed by atoms with Crippen molar-refractivity contribution in [3.05, 3.63) is 27.7 Å². The van der Waals surface area contributed by atoms with Crippen LogP contribution in [0.15, 0.2) is 16.6 Å². The summed E-state index contributed by atoms with van der Waals surface area (Å²) in [4.78, 5) is 23.1. The number of nitrogens with one attached hydrogen (secondary N) is 1. The summed E-state index contributed by atoms with van der Waals surface area (Å²) in [5.41, 5.74) is 0.728. The van der Waals surface area contributed by atoms with Gasteiger partial charge in [-0.15, -0.1) is 0 Å². The van der Waals surface area contributed by atoms with Gasteiger partial charge in [0, 0.05) is 10.5 Å². The van der Waals surface area contributed by atoms with Crippen molar-refractivity contribution in [2.24, 2.45) is 0 Å². The molecule has 0 atom stereocenters. The van der Waals surface area contributed by atoms with Crippen molar-refractivity contribution in [2.45, 2.75) is 38.6 Å². The molecule has 5 nitrogen and oxygen atoms in total. The largest absolute Gasteiger partial charge is 0.483 e. The molecule has 0 unspecified atom stereocenters. The predicted molar refractivity (Wildman–Crippen MR) is 81.7 cm³/mol. The third-order valence-corrected chi connectivity index (χ3v) is 4.00. The summed E-state index contributed by atoms with van der Waals surface area (Å²) in [6, 6.07) is 3.46. The van der Waals surface area contributed by atoms with E-state index in [0.29, 0.717) is 10.0 Å². The fourth-order valence-electron chi connectivity index (χ4n) is 2.56. The third kappa shape index (κ3) is 4.20. The van der Waals surface area contributed by atoms with Gasteiger partial charge in [-0.2, -0.15) is 0 Å². The highest BCUT2D eigenvalue weighted by Gasteiger charge is 2.19. The second kappa shape index (κ2) is 6.93. The number of aryl methyl sites for hydroxylation is 1. The molecule has 1 aliphatic carbocycles. The van der Waals surface area contributed by atoms with Crippen LogP contribution in [-0.2, 0) is 4.79 Å². The number of amides is 1. The predicted octanol–water partition coefficient (Wildman–Crippen LogP) is 2.89. The van der Waals surface area contributed by atoms with Gasteiger partial charge in [0.2, 0.25) is 0 Å². The van der Waals surface area contributed by atoms with Crippen molar-refractivity contribution in [3.63, 3.8) is 0 Å². The van der Waals surface area contributed by atoms with Gasteiger partial charge in [0.25, 0.3) is 5.91 Å². The molecular formula is C15H18BrNO4. The lowest BCUT2D eigenvalue weighted by atomic mass is 10.1. The summed E-state index contributed by atoms with van der Waals surface area (Å²) in [5, 5.41) is 12.1. The van der Waals surface area contributed by atoms with E-state index in [4.69, 9.17) is 4.74 Å². The zero-order valence-electron chi connectivity index (χ0n) is 11.8. The van der Waals surface area contributed by atoms with Crippen LogP contribution in [0.3, 0.4) is 0 Å². The van der Waals surface area contributed by atoms with E-state index >= 15 is 0 Å². The third-order valence-electron chi connectivity index (χ3n) is 3.54. The quantitative estimate of drug-likeness (QED) is 0.851. The Bertz CT molecular complexity index is 553. The van der Waals surface area contributed by atoms with Crippen LogP contribution >= 0.6 is 15.9 Å². The van der Waals surface area contributed by atoms with Crippen molar-refractivity contribution in [3.8, 4) is 5.75 Å². The Morgan fingerprint density at radius 1 is 1.38 bits per heavy atom. The number of hydrogen-bond acceptors (Lipinski definition) is 3. The molecule has 6 heteroatoms. The van der Waals surface area contributed by atoms with Crippen LogP contribution in [0.1, 0.15) is 41.6 Å². The Balaban J connectivity index is 2.02. The molecular weight excluding hydrogens is 338 g/mol. The molecule has 0 bridgehead atoms. The van der Waals surface area contributed by atoms with E-state index in [0.717, 1.165) is 25.7 Å². The Morgan fingerprint density at radius 2 is 2.05 bits per heavy atom. The van der Waals surface area contributed by atoms with Gasteiger partial charge < -0.3 is 15.2 Å². The van der Waals surface area contributed by atoms with Crippen molar-refractivity contribution in [1.82, 2.24) is 5.32 Å². The molecule has 0 radical (unpaired) electrons. The van der Waals surface area contributed by atoms with Crippen molar-refractivity contribution in [1.29, 1.82) is 0 Å². The molecule has 1 saturated carbocycles. The SMILES string of the molecule is Cc1cc(Br)cc(C(=O)O)c1OCC(=O)NC1CCCC1. The lowest BCUT2D eigenvalue weighted by Crippen LogP contribution is -2.36. The summed E-state index contributed by atoms with van der Waals surface area (Å²) in [5.74, 6) is -1.04. The fraction of sp³-hybridized carbons (Fsp3) is 0.467. The Kier molecular flexibility index (Phi) is 5.22. The van der Waals surface area contributed by atoms with Crippen LogP contribution in [0.5, 0.6) is 5.75 Å². The maximum atomic E-state index is 11.8. The van der Waals surface area contributed by atoms with E-state index in [1.165, 1.54) is 6.07 Å². The second-order valence-electron chi connectivity index (χ2n) is 5.24. The van der Waals surface area contributed by atoms with Gasteiger partial charge in [-0.3, -0.25) is 4.79 Å². The Morgan fingerprint density at radius 3 is 2.67 bits per heavy atom. The second-order valence-corrected chi connectivity index (χ2v) is 6.16. The van der Waals surface area contributed by atoms with Crippen molar-refractivity contribution < 1.29 is 19.4 Å². The van der Waals surface area contributed by atoms with Crippen LogP contribution in [0.4, 0.5) is 0 Å². The van der Waals surface area contributed by atoms with Crippen LogP contribution in [0, 0.1) is 6.92 Å². The van der Waals surface area contributed by atoms with Gasteiger partial charge in [-0.1, -0.05) is 28.8 Å². The first kappa shape index (κ1) is 15.8. The van der Waals surface area contributed by atoms with E-state index in [-0.39, 0.29) is 29.9 Å². The topological polar surface area (TPSA) is 75.6 Å². The van der Waals surface area contributed by atoms with Gasteiger partial charge in [-0.05, 0) is 37.5 Å². The molecule has 2 N–H and O–H groups in total. The summed E-state index contributed by atoms with van der Waals surface area (Å²) in [7, 11) is 0. The van der Waals surface area contributed by atoms with Crippen molar-refractivity contribution >= 4 is 27.8 Å². The zero-order valence-corrected chi connectivity index (χ0v) is 13.4. The van der Waals surface area contributed by atoms with Crippen molar-refractivity contribution in [2.75, 3.05) is 6.61 Å². The maximum absolute atomic E-state index is 11.8. The first-order valence-corrected chi connectivity index (χ1v) is 7.72. The number of benzene rings is 1. The molecule has 1 aliphatic rings. The molecule has 0 saturated heterocycles. The van der Waals surface area contributed by atoms with Gasteiger partial charge >= 0.3 is 5.97 Å². The van der Waals surface area contributed by atoms with Crippen LogP contribution < -0.4 is 10.1 Å². The molecule has 0 heterocycles. The zero-order chi connectivity index (χ0) is 15.4. The number of carboxylic acids is 1. The van der Waals surface area contributed by atoms with Gasteiger partial charge in [0.1, 0.15) is 11.3 Å². The lowest BCUT2D eigenvalue weighted by molar-refractivity contribution is -0.123. The highest BCUT2D eigenvalue weighted by molar-refractivity contribution is 9.10. The van der Waals surface area contributed by atoms with Gasteiger partial charge in [0.05, 0.1) is 0 Å². The van der Waals surface area contributed by atoms with E-state index in [2.05, 4.69) is 21.2 Å². The number of halogens is 1. The molecule has 1 fully saturated rings. The minimum atomic E-state index is -1.08. The van der Waals surface area contributed by atoms with Crippen LogP contribution in [0.2, 0.25) is 0 Å². The number of carboxylic acid groups (broad SMARTS) is 1. The number of aromatic carboxylic acids is 1. The molecule has 114 valence electrons. The molecule has 0 aliphatic heterocycles. The fourth-order valence-corrected chi connectivity index (χ4v) is 3.13. The van der Waals surface area contributed by atoms with E-state index in [1.807, 2.05) is 0 Å². The lowest BCUT2D eigenvalue weighted by Gasteiger charge is -2.15. The first-order chi connectivity index (χ1) is 9.97. The average molecular weight is 356 g/mol. The monoisotopic (exact) mass is 355 g/mol. The minimum absolute atomic E-state index is 0.0514. The first-order valence-electron chi connectivity index (χ1n) is 6.93. The highest BCUT2D eigenvalue weighted by atomic mass is 79.9. The summed E-state index contributed by atoms with van der Waals surface area (Å²) in [6.45, 7) is 1.58. The standard InChI is InChI=1S/C15H18BrNO4/c1-9-6-10(16)7-12(15(19)20)14(9)21-8-13(18)17-11-4-2-3-5-11/h6-7,11H,2-5,8H2,1H3,(H,17,18)(H,19,20). The normalized spacial score (nSPS) is 15.0. The summed E-state index contributed by atoms with van der Waals surface area (Å²) >= 11 is 3.26. The molecule has 21 heavy (non-hydrogen) atoms. The van der Waals surface area contributed by atoms with E-state index in [1.54, 1.807) is 13.0 Å². The number of rotatable bonds is 5. The average Bonchev–Trinajstić information content (AvgIpc) is 2.89. The van der Waals surface area contributed by atoms with Gasteiger partial charge in [-0.25, -0.2) is 4.79 Å². The molecule has 2 rings (SSSR count). The number of carbonyl (C=O) groups is 2. The minimum Gasteiger partial charge on any atom is -0.483 e. The van der Waals surface area contributed by atoms with Gasteiger partial charge in [0.15, 0.2) is 6.61 Å². The number of hydrogen-bond donors (Lipinski definition) is 2. The molecule has 1 aromatic carbocycles. The van der Waals surface area contributed by atoms with Crippen LogP contribution in [0.25, 0.3) is 0 Å². The number of ether oxygens (including phenoxy) is 1. The van der Waals surface area contributed by atoms with E-state index in [9.17, 15) is 14.7 Å². The number of carbonyl (C=O) groups excluding carboxylic acids is 1. The van der Waals surface area contributed by atoms with Crippen LogP contribution in [-0.4, -0.2) is 29.6 Å². The summed E-state index contributed by atoms with van der Waals surface area (Å²) in [6.07, 6.45) is 4.29. The smallest absolute Gasteiger partial charge is 0.339 e. The molecule has 0 aromatic heterocycles. The molecule has 1 amide bonds. The molecule has 0 spiro atoms. The Hall–Kier alpha value is -1.56. The summed E-state index contributed by atoms with van der Waals surface area (Å²) < 4.78 is 6.11. The van der Waals surface area contributed by atoms with E-state index < -0.39 is 5.97 Å².